The Labute approximate surface area is 110 Å². The van der Waals surface area contributed by atoms with E-state index in [1.165, 1.54) is 0 Å². The van der Waals surface area contributed by atoms with E-state index in [1.54, 1.807) is 13.0 Å². The van der Waals surface area contributed by atoms with Gasteiger partial charge in [-0.3, -0.25) is 0 Å². The van der Waals surface area contributed by atoms with Crippen molar-refractivity contribution in [2.45, 2.75) is 33.7 Å². The number of hydrogen-bond donors (Lipinski definition) is 1. The molecule has 3 heteroatoms. The Morgan fingerprint density at radius 2 is 1.94 bits per heavy atom. The number of rotatable bonds is 8. The molecule has 0 fully saturated rings. The van der Waals surface area contributed by atoms with E-state index in [-0.39, 0.29) is 5.82 Å². The van der Waals surface area contributed by atoms with Crippen molar-refractivity contribution >= 4 is 0 Å². The molecular weight excluding hydrogens is 227 g/mol. The van der Waals surface area contributed by atoms with Crippen LogP contribution in [0, 0.1) is 12.7 Å². The van der Waals surface area contributed by atoms with Gasteiger partial charge in [-0.15, -0.1) is 0 Å². The topological polar surface area (TPSA) is 15.3 Å². The van der Waals surface area contributed by atoms with E-state index < -0.39 is 0 Å². The van der Waals surface area contributed by atoms with Gasteiger partial charge in [0, 0.05) is 6.54 Å². The average Bonchev–Trinajstić information content (AvgIpc) is 2.38. The van der Waals surface area contributed by atoms with Crippen molar-refractivity contribution in [1.29, 1.82) is 0 Å². The Morgan fingerprint density at radius 1 is 1.22 bits per heavy atom. The van der Waals surface area contributed by atoms with Crippen LogP contribution in [0.25, 0.3) is 0 Å². The standard InChI is InChI=1S/C15H25FN2/c1-4-18(5-2)10-6-9-17-12-14-8-7-13(3)15(16)11-14/h7-8,11,17H,4-6,9-10,12H2,1-3H3. The Morgan fingerprint density at radius 3 is 2.56 bits per heavy atom. The number of nitrogens with zero attached hydrogens (tertiary/aromatic N) is 1. The van der Waals surface area contributed by atoms with Crippen LogP contribution in [0.2, 0.25) is 0 Å². The summed E-state index contributed by atoms with van der Waals surface area (Å²) in [7, 11) is 0. The largest absolute Gasteiger partial charge is 0.313 e. The van der Waals surface area contributed by atoms with Gasteiger partial charge in [-0.2, -0.15) is 0 Å². The van der Waals surface area contributed by atoms with Crippen molar-refractivity contribution in [1.82, 2.24) is 10.2 Å². The predicted molar refractivity (Wildman–Crippen MR) is 75.2 cm³/mol. The normalized spacial score (nSPS) is 11.2. The first-order valence-corrected chi connectivity index (χ1v) is 6.85. The molecule has 0 aliphatic heterocycles. The highest BCUT2D eigenvalue weighted by atomic mass is 19.1. The van der Waals surface area contributed by atoms with Gasteiger partial charge in [0.15, 0.2) is 0 Å². The lowest BCUT2D eigenvalue weighted by molar-refractivity contribution is 0.298. The van der Waals surface area contributed by atoms with Crippen LogP contribution in [0.3, 0.4) is 0 Å². The fraction of sp³-hybridized carbons (Fsp3) is 0.600. The summed E-state index contributed by atoms with van der Waals surface area (Å²) in [5.74, 6) is -0.113. The minimum absolute atomic E-state index is 0.113. The van der Waals surface area contributed by atoms with Crippen molar-refractivity contribution in [3.8, 4) is 0 Å². The van der Waals surface area contributed by atoms with Gasteiger partial charge < -0.3 is 10.2 Å². The Balaban J connectivity index is 2.19. The molecule has 1 rings (SSSR count). The van der Waals surface area contributed by atoms with Crippen molar-refractivity contribution in [2.75, 3.05) is 26.2 Å². The van der Waals surface area contributed by atoms with Crippen LogP contribution in [-0.2, 0) is 6.54 Å². The molecule has 2 nitrogen and oxygen atoms in total. The Hall–Kier alpha value is -0.930. The first-order valence-electron chi connectivity index (χ1n) is 6.85. The molecule has 1 N–H and O–H groups in total. The molecule has 0 unspecified atom stereocenters. The lowest BCUT2D eigenvalue weighted by Crippen LogP contribution is -2.27. The number of halogens is 1. The lowest BCUT2D eigenvalue weighted by Gasteiger charge is -2.17. The number of hydrogen-bond acceptors (Lipinski definition) is 2. The van der Waals surface area contributed by atoms with Gasteiger partial charge in [-0.1, -0.05) is 26.0 Å². The SMILES string of the molecule is CCN(CC)CCCNCc1ccc(C)c(F)c1. The van der Waals surface area contributed by atoms with Crippen LogP contribution in [0.5, 0.6) is 0 Å². The van der Waals surface area contributed by atoms with E-state index >= 15 is 0 Å². The van der Waals surface area contributed by atoms with Crippen LogP contribution in [0.1, 0.15) is 31.4 Å². The minimum atomic E-state index is -0.113. The zero-order chi connectivity index (χ0) is 13.4. The molecule has 18 heavy (non-hydrogen) atoms. The maximum Gasteiger partial charge on any atom is 0.126 e. The van der Waals surface area contributed by atoms with E-state index in [1.807, 2.05) is 12.1 Å². The first-order chi connectivity index (χ1) is 8.67. The summed E-state index contributed by atoms with van der Waals surface area (Å²) >= 11 is 0. The molecule has 0 atom stereocenters. The van der Waals surface area contributed by atoms with Gasteiger partial charge in [0.1, 0.15) is 5.82 Å². The quantitative estimate of drug-likeness (QED) is 0.716. The zero-order valence-corrected chi connectivity index (χ0v) is 11.8. The van der Waals surface area contributed by atoms with E-state index in [9.17, 15) is 4.39 Å². The van der Waals surface area contributed by atoms with Crippen LogP contribution in [0.15, 0.2) is 18.2 Å². The van der Waals surface area contributed by atoms with Gasteiger partial charge in [-0.25, -0.2) is 4.39 Å². The summed E-state index contributed by atoms with van der Waals surface area (Å²) in [6, 6.07) is 5.44. The number of benzene rings is 1. The summed E-state index contributed by atoms with van der Waals surface area (Å²) in [5, 5.41) is 3.36. The fourth-order valence-corrected chi connectivity index (χ4v) is 1.95. The smallest absolute Gasteiger partial charge is 0.126 e. The number of aryl methyl sites for hydroxylation is 1. The molecule has 1 aromatic carbocycles. The lowest BCUT2D eigenvalue weighted by atomic mass is 10.1. The molecule has 102 valence electrons. The third-order valence-corrected chi connectivity index (χ3v) is 3.29. The molecule has 0 saturated carbocycles. The maximum absolute atomic E-state index is 13.3. The van der Waals surface area contributed by atoms with Gasteiger partial charge in [-0.05, 0) is 56.7 Å². The predicted octanol–water partition coefficient (Wildman–Crippen LogP) is 2.96. The summed E-state index contributed by atoms with van der Waals surface area (Å²) in [5.41, 5.74) is 1.72. The molecule has 0 aliphatic rings. The van der Waals surface area contributed by atoms with Crippen molar-refractivity contribution in [3.05, 3.63) is 35.1 Å². The molecule has 0 heterocycles. The third kappa shape index (κ3) is 5.15. The van der Waals surface area contributed by atoms with E-state index in [2.05, 4.69) is 24.1 Å². The molecule has 0 spiro atoms. The molecule has 0 amide bonds. The van der Waals surface area contributed by atoms with Gasteiger partial charge in [0.05, 0.1) is 0 Å². The molecule has 0 bridgehead atoms. The first kappa shape index (κ1) is 15.1. The summed E-state index contributed by atoms with van der Waals surface area (Å²) in [6.07, 6.45) is 1.13. The highest BCUT2D eigenvalue weighted by Crippen LogP contribution is 2.08. The van der Waals surface area contributed by atoms with Crippen LogP contribution >= 0.6 is 0 Å². The van der Waals surface area contributed by atoms with Gasteiger partial charge in [0.25, 0.3) is 0 Å². The average molecular weight is 252 g/mol. The van der Waals surface area contributed by atoms with Crippen LogP contribution in [-0.4, -0.2) is 31.1 Å². The second-order valence-electron chi connectivity index (χ2n) is 4.64. The van der Waals surface area contributed by atoms with Crippen LogP contribution in [0.4, 0.5) is 4.39 Å². The fourth-order valence-electron chi connectivity index (χ4n) is 1.95. The molecule has 1 aromatic rings. The second kappa shape index (κ2) is 8.22. The second-order valence-corrected chi connectivity index (χ2v) is 4.64. The molecule has 0 saturated heterocycles. The monoisotopic (exact) mass is 252 g/mol. The summed E-state index contributed by atoms with van der Waals surface area (Å²) in [4.78, 5) is 2.41. The van der Waals surface area contributed by atoms with Crippen molar-refractivity contribution in [2.24, 2.45) is 0 Å². The molecule has 0 radical (unpaired) electrons. The van der Waals surface area contributed by atoms with Gasteiger partial charge in [0.2, 0.25) is 0 Å². The van der Waals surface area contributed by atoms with Crippen molar-refractivity contribution in [3.63, 3.8) is 0 Å². The van der Waals surface area contributed by atoms with E-state index in [4.69, 9.17) is 0 Å². The zero-order valence-electron chi connectivity index (χ0n) is 11.8. The Kier molecular flexibility index (Phi) is 6.91. The highest BCUT2D eigenvalue weighted by molar-refractivity contribution is 5.23. The van der Waals surface area contributed by atoms with E-state index in [0.717, 1.165) is 44.7 Å². The highest BCUT2D eigenvalue weighted by Gasteiger charge is 2.00. The third-order valence-electron chi connectivity index (χ3n) is 3.29. The van der Waals surface area contributed by atoms with E-state index in [0.29, 0.717) is 5.56 Å². The van der Waals surface area contributed by atoms with Crippen molar-refractivity contribution < 1.29 is 4.39 Å². The van der Waals surface area contributed by atoms with Gasteiger partial charge >= 0.3 is 0 Å². The Bertz CT molecular complexity index is 348. The summed E-state index contributed by atoms with van der Waals surface area (Å²) in [6.45, 7) is 11.2. The molecule has 0 aliphatic carbocycles. The maximum atomic E-state index is 13.3. The molecular formula is C15H25FN2. The minimum Gasteiger partial charge on any atom is -0.313 e. The summed E-state index contributed by atoms with van der Waals surface area (Å²) < 4.78 is 13.3. The van der Waals surface area contributed by atoms with Crippen LogP contribution < -0.4 is 5.32 Å². The molecule has 0 aromatic heterocycles. The number of nitrogens with one attached hydrogen (secondary N) is 1.